The van der Waals surface area contributed by atoms with E-state index in [1.807, 2.05) is 0 Å². The molecule has 1 unspecified atom stereocenters. The minimum atomic E-state index is 0.461. The monoisotopic (exact) mass is 265 g/mol. The van der Waals surface area contributed by atoms with Gasteiger partial charge in [0.05, 0.1) is 6.04 Å². The van der Waals surface area contributed by atoms with Gasteiger partial charge in [0.2, 0.25) is 0 Å². The molecule has 1 saturated carbocycles. The quantitative estimate of drug-likeness (QED) is 0.791. The van der Waals surface area contributed by atoms with Crippen molar-refractivity contribution in [2.75, 3.05) is 5.32 Å². The molecule has 1 aliphatic carbocycles. The largest absolute Gasteiger partial charge is 0.378 e. The van der Waals surface area contributed by atoms with Gasteiger partial charge in [0.25, 0.3) is 0 Å². The van der Waals surface area contributed by atoms with Gasteiger partial charge in [0, 0.05) is 5.69 Å². The lowest BCUT2D eigenvalue weighted by atomic mass is 10.0. The van der Waals surface area contributed by atoms with Crippen LogP contribution in [-0.4, -0.2) is 0 Å². The molecular formula is C19H23N. The van der Waals surface area contributed by atoms with Crippen molar-refractivity contribution in [2.24, 2.45) is 5.92 Å². The summed E-state index contributed by atoms with van der Waals surface area (Å²) in [5.41, 5.74) is 5.38. The Morgan fingerprint density at radius 2 is 1.65 bits per heavy atom. The van der Waals surface area contributed by atoms with Crippen LogP contribution in [0.15, 0.2) is 48.5 Å². The van der Waals surface area contributed by atoms with Gasteiger partial charge in [0.15, 0.2) is 0 Å². The zero-order chi connectivity index (χ0) is 13.9. The highest BCUT2D eigenvalue weighted by atomic mass is 14.9. The molecule has 2 aromatic rings. The normalized spacial score (nSPS) is 15.9. The van der Waals surface area contributed by atoms with E-state index in [4.69, 9.17) is 0 Å². The van der Waals surface area contributed by atoms with Gasteiger partial charge in [0.1, 0.15) is 0 Å². The van der Waals surface area contributed by atoms with Crippen molar-refractivity contribution in [3.63, 3.8) is 0 Å². The minimum Gasteiger partial charge on any atom is -0.378 e. The fraction of sp³-hybridized carbons (Fsp3) is 0.368. The molecule has 104 valence electrons. The molecule has 1 heteroatoms. The number of benzene rings is 2. The van der Waals surface area contributed by atoms with Crippen LogP contribution in [0.25, 0.3) is 0 Å². The third kappa shape index (κ3) is 3.04. The summed E-state index contributed by atoms with van der Waals surface area (Å²) in [5, 5.41) is 3.73. The number of rotatable bonds is 5. The first-order valence-corrected chi connectivity index (χ1v) is 7.68. The average Bonchev–Trinajstić information content (AvgIpc) is 3.31. The zero-order valence-electron chi connectivity index (χ0n) is 12.4. The maximum absolute atomic E-state index is 3.73. The Labute approximate surface area is 122 Å². The Morgan fingerprint density at radius 3 is 2.20 bits per heavy atom. The van der Waals surface area contributed by atoms with Crippen molar-refractivity contribution in [1.29, 1.82) is 0 Å². The fourth-order valence-corrected chi connectivity index (χ4v) is 2.69. The lowest BCUT2D eigenvalue weighted by Crippen LogP contribution is -2.12. The standard InChI is InChI=1S/C19H23N/c1-3-15-6-12-18(13-7-15)20-19(17-10-11-17)16-8-4-14(2)5-9-16/h4-9,12-13,17,19-20H,3,10-11H2,1-2H3. The second-order valence-corrected chi connectivity index (χ2v) is 5.92. The SMILES string of the molecule is CCc1ccc(NC(c2ccc(C)cc2)C2CC2)cc1. The zero-order valence-corrected chi connectivity index (χ0v) is 12.4. The van der Waals surface area contributed by atoms with Crippen molar-refractivity contribution in [1.82, 2.24) is 0 Å². The Balaban J connectivity index is 1.78. The van der Waals surface area contributed by atoms with Crippen molar-refractivity contribution in [3.8, 4) is 0 Å². The summed E-state index contributed by atoms with van der Waals surface area (Å²) < 4.78 is 0. The highest BCUT2D eigenvalue weighted by Crippen LogP contribution is 2.42. The van der Waals surface area contributed by atoms with Gasteiger partial charge in [-0.1, -0.05) is 48.9 Å². The van der Waals surface area contributed by atoms with Crippen molar-refractivity contribution in [2.45, 2.75) is 39.2 Å². The second-order valence-electron chi connectivity index (χ2n) is 5.92. The lowest BCUT2D eigenvalue weighted by Gasteiger charge is -2.20. The molecule has 2 aromatic carbocycles. The maximum Gasteiger partial charge on any atom is 0.0542 e. The summed E-state index contributed by atoms with van der Waals surface area (Å²) >= 11 is 0. The van der Waals surface area contributed by atoms with Crippen LogP contribution >= 0.6 is 0 Å². The summed E-state index contributed by atoms with van der Waals surface area (Å²) in [6.45, 7) is 4.34. The van der Waals surface area contributed by atoms with E-state index in [1.165, 1.54) is 35.2 Å². The smallest absolute Gasteiger partial charge is 0.0542 e. The summed E-state index contributed by atoms with van der Waals surface area (Å²) in [5.74, 6) is 0.795. The molecule has 0 heterocycles. The highest BCUT2D eigenvalue weighted by molar-refractivity contribution is 5.47. The molecular weight excluding hydrogens is 242 g/mol. The van der Waals surface area contributed by atoms with Crippen LogP contribution < -0.4 is 5.32 Å². The first-order valence-electron chi connectivity index (χ1n) is 7.68. The van der Waals surface area contributed by atoms with Gasteiger partial charge in [-0.05, 0) is 55.4 Å². The molecule has 0 amide bonds. The molecule has 0 spiro atoms. The van der Waals surface area contributed by atoms with E-state index in [0.717, 1.165) is 12.3 Å². The number of anilines is 1. The molecule has 1 atom stereocenters. The topological polar surface area (TPSA) is 12.0 Å². The number of hydrogen-bond donors (Lipinski definition) is 1. The molecule has 1 N–H and O–H groups in total. The van der Waals surface area contributed by atoms with Crippen molar-refractivity contribution in [3.05, 3.63) is 65.2 Å². The van der Waals surface area contributed by atoms with E-state index in [2.05, 4.69) is 67.7 Å². The van der Waals surface area contributed by atoms with E-state index in [-0.39, 0.29) is 0 Å². The van der Waals surface area contributed by atoms with E-state index in [1.54, 1.807) is 0 Å². The summed E-state index contributed by atoms with van der Waals surface area (Å²) in [4.78, 5) is 0. The van der Waals surface area contributed by atoms with Crippen molar-refractivity contribution < 1.29 is 0 Å². The molecule has 0 aliphatic heterocycles. The first-order chi connectivity index (χ1) is 9.76. The Hall–Kier alpha value is -1.76. The molecule has 0 bridgehead atoms. The molecule has 20 heavy (non-hydrogen) atoms. The van der Waals surface area contributed by atoms with Crippen LogP contribution in [0, 0.1) is 12.8 Å². The van der Waals surface area contributed by atoms with Crippen molar-refractivity contribution >= 4 is 5.69 Å². The third-order valence-electron chi connectivity index (χ3n) is 4.21. The molecule has 1 fully saturated rings. The van der Waals surface area contributed by atoms with Gasteiger partial charge < -0.3 is 5.32 Å². The Bertz CT molecular complexity index is 549. The van der Waals surface area contributed by atoms with Crippen LogP contribution in [0.5, 0.6) is 0 Å². The summed E-state index contributed by atoms with van der Waals surface area (Å²) in [6.07, 6.45) is 3.79. The number of aryl methyl sites for hydroxylation is 2. The van der Waals surface area contributed by atoms with Crippen LogP contribution in [0.2, 0.25) is 0 Å². The molecule has 3 rings (SSSR count). The summed E-state index contributed by atoms with van der Waals surface area (Å²) in [7, 11) is 0. The highest BCUT2D eigenvalue weighted by Gasteiger charge is 2.32. The number of nitrogens with one attached hydrogen (secondary N) is 1. The average molecular weight is 265 g/mol. The predicted octanol–water partition coefficient (Wildman–Crippen LogP) is 5.12. The third-order valence-corrected chi connectivity index (χ3v) is 4.21. The first kappa shape index (κ1) is 13.2. The lowest BCUT2D eigenvalue weighted by molar-refractivity contribution is 0.679. The number of hydrogen-bond acceptors (Lipinski definition) is 1. The molecule has 0 saturated heterocycles. The van der Waals surface area contributed by atoms with Gasteiger partial charge in [-0.25, -0.2) is 0 Å². The van der Waals surface area contributed by atoms with Crippen LogP contribution in [-0.2, 0) is 6.42 Å². The van der Waals surface area contributed by atoms with E-state index in [9.17, 15) is 0 Å². The molecule has 1 aliphatic rings. The van der Waals surface area contributed by atoms with Gasteiger partial charge in [-0.15, -0.1) is 0 Å². The Kier molecular flexibility index (Phi) is 3.77. The molecule has 0 aromatic heterocycles. The van der Waals surface area contributed by atoms with E-state index < -0.39 is 0 Å². The van der Waals surface area contributed by atoms with E-state index >= 15 is 0 Å². The van der Waals surface area contributed by atoms with Crippen LogP contribution in [0.4, 0.5) is 5.69 Å². The maximum atomic E-state index is 3.73. The van der Waals surface area contributed by atoms with Gasteiger partial charge >= 0.3 is 0 Å². The predicted molar refractivity (Wildman–Crippen MR) is 86.1 cm³/mol. The minimum absolute atomic E-state index is 0.461. The van der Waals surface area contributed by atoms with Gasteiger partial charge in [-0.2, -0.15) is 0 Å². The molecule has 1 nitrogen and oxygen atoms in total. The van der Waals surface area contributed by atoms with Crippen LogP contribution in [0.1, 0.15) is 42.5 Å². The van der Waals surface area contributed by atoms with Crippen LogP contribution in [0.3, 0.4) is 0 Å². The summed E-state index contributed by atoms with van der Waals surface area (Å²) in [6, 6.07) is 18.3. The fourth-order valence-electron chi connectivity index (χ4n) is 2.69. The Morgan fingerprint density at radius 1 is 1.00 bits per heavy atom. The second kappa shape index (κ2) is 5.70. The van der Waals surface area contributed by atoms with Gasteiger partial charge in [-0.3, -0.25) is 0 Å². The van der Waals surface area contributed by atoms with E-state index in [0.29, 0.717) is 6.04 Å². The molecule has 0 radical (unpaired) electrons.